The highest BCUT2D eigenvalue weighted by Crippen LogP contribution is 2.37. The second-order valence-electron chi connectivity index (χ2n) is 6.21. The molecule has 0 radical (unpaired) electrons. The van der Waals surface area contributed by atoms with Crippen LogP contribution >= 0.6 is 11.6 Å². The van der Waals surface area contributed by atoms with Crippen molar-refractivity contribution < 1.29 is 14.6 Å². The Labute approximate surface area is 154 Å². The van der Waals surface area contributed by atoms with E-state index in [1.165, 1.54) is 0 Å². The van der Waals surface area contributed by atoms with Crippen LogP contribution < -0.4 is 0 Å². The lowest BCUT2D eigenvalue weighted by atomic mass is 9.92. The number of halogens is 1. The van der Waals surface area contributed by atoms with Gasteiger partial charge < -0.3 is 14.4 Å². The normalized spacial score (nSPS) is 18.3. The van der Waals surface area contributed by atoms with E-state index in [0.717, 1.165) is 10.9 Å². The van der Waals surface area contributed by atoms with Gasteiger partial charge in [-0.15, -0.1) is 0 Å². The van der Waals surface area contributed by atoms with Crippen LogP contribution in [-0.4, -0.2) is 32.2 Å². The van der Waals surface area contributed by atoms with Crippen LogP contribution in [0.5, 0.6) is 0 Å². The molecular formula is C19H16ClN3O3. The second kappa shape index (κ2) is 6.55. The van der Waals surface area contributed by atoms with Crippen molar-refractivity contribution in [3.05, 3.63) is 71.4 Å². The highest BCUT2D eigenvalue weighted by atomic mass is 35.5. The number of fused-ring (bicyclic) bond motifs is 1. The van der Waals surface area contributed by atoms with Gasteiger partial charge in [-0.05, 0) is 24.3 Å². The van der Waals surface area contributed by atoms with Crippen molar-refractivity contribution in [1.29, 1.82) is 0 Å². The second-order valence-corrected chi connectivity index (χ2v) is 6.65. The van der Waals surface area contributed by atoms with Gasteiger partial charge in [-0.1, -0.05) is 18.2 Å². The van der Waals surface area contributed by atoms with Gasteiger partial charge in [0.25, 0.3) is 0 Å². The highest BCUT2D eigenvalue weighted by molar-refractivity contribution is 6.31. The van der Waals surface area contributed by atoms with E-state index in [2.05, 4.69) is 16.5 Å². The monoisotopic (exact) mass is 369 g/mol. The lowest BCUT2D eigenvalue weighted by Crippen LogP contribution is -2.14. The molecule has 6 nitrogen and oxygen atoms in total. The quantitative estimate of drug-likeness (QED) is 0.565. The van der Waals surface area contributed by atoms with Gasteiger partial charge in [0.1, 0.15) is 12.4 Å². The molecule has 0 amide bonds. The summed E-state index contributed by atoms with van der Waals surface area (Å²) in [5.41, 5.74) is 1.85. The molecule has 0 aliphatic carbocycles. The van der Waals surface area contributed by atoms with Crippen LogP contribution in [-0.2, 0) is 16.1 Å². The van der Waals surface area contributed by atoms with Gasteiger partial charge >= 0.3 is 5.97 Å². The molecule has 132 valence electrons. The van der Waals surface area contributed by atoms with Crippen LogP contribution in [0, 0.1) is 5.92 Å². The molecule has 2 unspecified atom stereocenters. The molecule has 7 heteroatoms. The standard InChI is InChI=1S/C19H16ClN3O3/c1-11-15(10-26-19(11)25)18(24)14-8-23(9-17-21-5-2-6-22-17)16-4-3-12(20)7-13(14)16/h2-8,15,18,24H,1,9-10H2. The van der Waals surface area contributed by atoms with E-state index in [-0.39, 0.29) is 12.2 Å². The molecule has 0 saturated carbocycles. The molecule has 1 saturated heterocycles. The van der Waals surface area contributed by atoms with Gasteiger partial charge in [0.05, 0.1) is 18.6 Å². The summed E-state index contributed by atoms with van der Waals surface area (Å²) >= 11 is 6.16. The molecule has 0 spiro atoms. The summed E-state index contributed by atoms with van der Waals surface area (Å²) in [4.78, 5) is 20.1. The number of carbonyl (C=O) groups excluding carboxylic acids is 1. The molecular weight excluding hydrogens is 354 g/mol. The zero-order valence-corrected chi connectivity index (χ0v) is 14.6. The molecule has 1 aromatic carbocycles. The third-order valence-electron chi connectivity index (χ3n) is 4.61. The molecule has 3 heterocycles. The highest BCUT2D eigenvalue weighted by Gasteiger charge is 2.36. The maximum Gasteiger partial charge on any atom is 0.333 e. The first-order valence-electron chi connectivity index (χ1n) is 8.13. The summed E-state index contributed by atoms with van der Waals surface area (Å²) in [7, 11) is 0. The zero-order valence-electron chi connectivity index (χ0n) is 13.8. The number of esters is 1. The molecule has 1 N–H and O–H groups in total. The Balaban J connectivity index is 1.78. The van der Waals surface area contributed by atoms with Crippen molar-refractivity contribution >= 4 is 28.5 Å². The van der Waals surface area contributed by atoms with Gasteiger partial charge in [0.15, 0.2) is 0 Å². The number of hydrogen-bond acceptors (Lipinski definition) is 5. The maximum absolute atomic E-state index is 11.6. The predicted molar refractivity (Wildman–Crippen MR) is 96.6 cm³/mol. The summed E-state index contributed by atoms with van der Waals surface area (Å²) < 4.78 is 6.97. The van der Waals surface area contributed by atoms with E-state index in [9.17, 15) is 9.90 Å². The van der Waals surface area contributed by atoms with Crippen molar-refractivity contribution in [3.8, 4) is 0 Å². The molecule has 26 heavy (non-hydrogen) atoms. The number of rotatable bonds is 4. The molecule has 4 rings (SSSR count). The van der Waals surface area contributed by atoms with Crippen LogP contribution in [0.4, 0.5) is 0 Å². The number of aromatic nitrogens is 3. The first-order chi connectivity index (χ1) is 12.5. The van der Waals surface area contributed by atoms with E-state index < -0.39 is 18.0 Å². The van der Waals surface area contributed by atoms with Gasteiger partial charge in [-0.25, -0.2) is 14.8 Å². The van der Waals surface area contributed by atoms with E-state index in [0.29, 0.717) is 23.0 Å². The minimum atomic E-state index is -0.923. The predicted octanol–water partition coefficient (Wildman–Crippen LogP) is 2.90. The van der Waals surface area contributed by atoms with Gasteiger partial charge in [-0.3, -0.25) is 0 Å². The number of cyclic esters (lactones) is 1. The third-order valence-corrected chi connectivity index (χ3v) is 4.84. The van der Waals surface area contributed by atoms with Gasteiger partial charge in [-0.2, -0.15) is 0 Å². The number of nitrogens with zero attached hydrogens (tertiary/aromatic N) is 3. The summed E-state index contributed by atoms with van der Waals surface area (Å²) in [6.45, 7) is 4.32. The Morgan fingerprint density at radius 1 is 1.38 bits per heavy atom. The summed E-state index contributed by atoms with van der Waals surface area (Å²) in [6.07, 6.45) is 4.30. The molecule has 2 atom stereocenters. The van der Waals surface area contributed by atoms with Crippen molar-refractivity contribution in [2.24, 2.45) is 5.92 Å². The van der Waals surface area contributed by atoms with Crippen molar-refractivity contribution in [3.63, 3.8) is 0 Å². The van der Waals surface area contributed by atoms with Crippen LogP contribution in [0.2, 0.25) is 5.02 Å². The van der Waals surface area contributed by atoms with E-state index in [1.807, 2.05) is 16.8 Å². The van der Waals surface area contributed by atoms with Crippen molar-refractivity contribution in [2.45, 2.75) is 12.6 Å². The van der Waals surface area contributed by atoms with Crippen LogP contribution in [0.1, 0.15) is 17.5 Å². The Bertz CT molecular complexity index is 1000. The fourth-order valence-electron chi connectivity index (χ4n) is 3.24. The van der Waals surface area contributed by atoms with E-state index >= 15 is 0 Å². The largest absolute Gasteiger partial charge is 0.462 e. The summed E-state index contributed by atoms with van der Waals surface area (Å²) in [5, 5.41) is 12.3. The van der Waals surface area contributed by atoms with Crippen molar-refractivity contribution in [2.75, 3.05) is 6.61 Å². The minimum Gasteiger partial charge on any atom is -0.462 e. The van der Waals surface area contributed by atoms with Gasteiger partial charge in [0.2, 0.25) is 0 Å². The molecule has 1 fully saturated rings. The number of aliphatic hydroxyl groups excluding tert-OH is 1. The van der Waals surface area contributed by atoms with Gasteiger partial charge in [0, 0.05) is 45.7 Å². The van der Waals surface area contributed by atoms with Crippen LogP contribution in [0.25, 0.3) is 10.9 Å². The SMILES string of the molecule is C=C1C(=O)OCC1C(O)c1cn(Cc2ncccn2)c2ccc(Cl)cc12. The number of carbonyl (C=O) groups is 1. The number of hydrogen-bond donors (Lipinski definition) is 1. The van der Waals surface area contributed by atoms with E-state index in [4.69, 9.17) is 16.3 Å². The number of benzene rings is 1. The zero-order chi connectivity index (χ0) is 18.3. The fourth-order valence-corrected chi connectivity index (χ4v) is 3.41. The first-order valence-corrected chi connectivity index (χ1v) is 8.50. The lowest BCUT2D eigenvalue weighted by molar-refractivity contribution is -0.135. The first kappa shape index (κ1) is 16.8. The molecule has 1 aliphatic heterocycles. The average molecular weight is 370 g/mol. The molecule has 2 aromatic heterocycles. The third kappa shape index (κ3) is 2.87. The lowest BCUT2D eigenvalue weighted by Gasteiger charge is -2.15. The Morgan fingerprint density at radius 3 is 2.85 bits per heavy atom. The van der Waals surface area contributed by atoms with Crippen LogP contribution in [0.15, 0.2) is 55.0 Å². The molecule has 0 bridgehead atoms. The summed E-state index contributed by atoms with van der Waals surface area (Å²) in [6, 6.07) is 7.25. The Morgan fingerprint density at radius 2 is 2.15 bits per heavy atom. The fraction of sp³-hybridized carbons (Fsp3) is 0.211. The number of aliphatic hydroxyl groups is 1. The van der Waals surface area contributed by atoms with Crippen LogP contribution in [0.3, 0.4) is 0 Å². The summed E-state index contributed by atoms with van der Waals surface area (Å²) in [5.74, 6) is -0.286. The van der Waals surface area contributed by atoms with Crippen molar-refractivity contribution in [1.82, 2.24) is 14.5 Å². The maximum atomic E-state index is 11.6. The smallest absolute Gasteiger partial charge is 0.333 e. The van der Waals surface area contributed by atoms with E-state index in [1.54, 1.807) is 30.6 Å². The minimum absolute atomic E-state index is 0.119. The Hall–Kier alpha value is -2.70. The molecule has 1 aliphatic rings. The topological polar surface area (TPSA) is 77.2 Å². The Kier molecular flexibility index (Phi) is 4.22. The average Bonchev–Trinajstić information content (AvgIpc) is 3.16. The molecule has 3 aromatic rings. The number of ether oxygens (including phenoxy) is 1.